The lowest BCUT2D eigenvalue weighted by molar-refractivity contribution is 0.294. The SMILES string of the molecule is NS(=O)(=O)c1c(OC2CC2)ccnc1I. The molecule has 1 aliphatic carbocycles. The van der Waals surface area contributed by atoms with Crippen molar-refractivity contribution in [1.82, 2.24) is 4.98 Å². The third kappa shape index (κ3) is 2.58. The molecule has 2 N–H and O–H groups in total. The van der Waals surface area contributed by atoms with E-state index in [1.165, 1.54) is 12.3 Å². The molecule has 0 aromatic carbocycles. The first-order chi connectivity index (χ1) is 6.98. The normalized spacial score (nSPS) is 16.4. The molecule has 15 heavy (non-hydrogen) atoms. The fourth-order valence-electron chi connectivity index (χ4n) is 1.12. The summed E-state index contributed by atoms with van der Waals surface area (Å²) < 4.78 is 28.5. The highest BCUT2D eigenvalue weighted by Gasteiger charge is 2.28. The van der Waals surface area contributed by atoms with Gasteiger partial charge in [0.25, 0.3) is 0 Å². The molecular formula is C8H9IN2O3S. The summed E-state index contributed by atoms with van der Waals surface area (Å²) in [5.41, 5.74) is 0. The monoisotopic (exact) mass is 340 g/mol. The molecule has 0 unspecified atom stereocenters. The Morgan fingerprint density at radius 3 is 2.73 bits per heavy atom. The largest absolute Gasteiger partial charge is 0.489 e. The number of halogens is 1. The van der Waals surface area contributed by atoms with E-state index in [1.54, 1.807) is 0 Å². The van der Waals surface area contributed by atoms with E-state index in [0.717, 1.165) is 12.8 Å². The summed E-state index contributed by atoms with van der Waals surface area (Å²) >= 11 is 1.83. The van der Waals surface area contributed by atoms with Gasteiger partial charge >= 0.3 is 0 Å². The van der Waals surface area contributed by atoms with Gasteiger partial charge in [-0.2, -0.15) is 0 Å². The van der Waals surface area contributed by atoms with Gasteiger partial charge in [0.05, 0.1) is 6.10 Å². The average Bonchev–Trinajstić information content (AvgIpc) is 2.85. The molecule has 82 valence electrons. The zero-order valence-electron chi connectivity index (χ0n) is 7.68. The summed E-state index contributed by atoms with van der Waals surface area (Å²) in [7, 11) is -3.78. The number of aromatic nitrogens is 1. The second-order valence-corrected chi connectivity index (χ2v) is 5.81. The minimum absolute atomic E-state index is 0.0162. The quantitative estimate of drug-likeness (QED) is 0.654. The van der Waals surface area contributed by atoms with Gasteiger partial charge in [-0.3, -0.25) is 0 Å². The van der Waals surface area contributed by atoms with E-state index in [-0.39, 0.29) is 11.0 Å². The molecule has 0 radical (unpaired) electrons. The number of hydrogen-bond acceptors (Lipinski definition) is 4. The fourth-order valence-corrected chi connectivity index (χ4v) is 3.15. The maximum Gasteiger partial charge on any atom is 0.244 e. The number of primary sulfonamides is 1. The van der Waals surface area contributed by atoms with Gasteiger partial charge in [0.15, 0.2) is 4.90 Å². The van der Waals surface area contributed by atoms with Crippen LogP contribution in [0, 0.1) is 3.70 Å². The van der Waals surface area contributed by atoms with E-state index in [4.69, 9.17) is 9.88 Å². The summed E-state index contributed by atoms with van der Waals surface area (Å²) in [4.78, 5) is 3.87. The first kappa shape index (κ1) is 11.1. The third-order valence-electron chi connectivity index (χ3n) is 1.93. The molecular weight excluding hydrogens is 331 g/mol. The Balaban J connectivity index is 2.47. The molecule has 1 aliphatic rings. The zero-order chi connectivity index (χ0) is 11.1. The Morgan fingerprint density at radius 2 is 2.20 bits per heavy atom. The van der Waals surface area contributed by atoms with Crippen LogP contribution in [0.5, 0.6) is 5.75 Å². The highest BCUT2D eigenvalue weighted by molar-refractivity contribution is 14.1. The number of pyridine rings is 1. The number of nitrogens with zero attached hydrogens (tertiary/aromatic N) is 1. The van der Waals surface area contributed by atoms with Gasteiger partial charge < -0.3 is 4.74 Å². The van der Waals surface area contributed by atoms with E-state index in [9.17, 15) is 8.42 Å². The standard InChI is InChI=1S/C8H9IN2O3S/c9-8-7(15(10,12)13)6(3-4-11-8)14-5-1-2-5/h3-5H,1-2H2,(H2,10,12,13). The second-order valence-electron chi connectivity index (χ2n) is 3.29. The predicted octanol–water partition coefficient (Wildman–Crippen LogP) is 0.875. The van der Waals surface area contributed by atoms with Gasteiger partial charge in [-0.1, -0.05) is 0 Å². The average molecular weight is 340 g/mol. The Kier molecular flexibility index (Phi) is 2.86. The number of ether oxygens (including phenoxy) is 1. The van der Waals surface area contributed by atoms with Crippen LogP contribution in [0.1, 0.15) is 12.8 Å². The first-order valence-electron chi connectivity index (χ1n) is 4.32. The van der Waals surface area contributed by atoms with Crippen molar-refractivity contribution in [3.63, 3.8) is 0 Å². The van der Waals surface area contributed by atoms with E-state index >= 15 is 0 Å². The number of hydrogen-bond donors (Lipinski definition) is 1. The number of rotatable bonds is 3. The topological polar surface area (TPSA) is 82.3 Å². The zero-order valence-corrected chi connectivity index (χ0v) is 10.7. The molecule has 0 spiro atoms. The first-order valence-corrected chi connectivity index (χ1v) is 6.95. The van der Waals surface area contributed by atoms with E-state index in [0.29, 0.717) is 9.45 Å². The minimum atomic E-state index is -3.78. The molecule has 0 saturated heterocycles. The van der Waals surface area contributed by atoms with Crippen molar-refractivity contribution in [1.29, 1.82) is 0 Å². The molecule has 0 atom stereocenters. The van der Waals surface area contributed by atoms with Crippen molar-refractivity contribution < 1.29 is 13.2 Å². The van der Waals surface area contributed by atoms with Crippen LogP contribution in [0.3, 0.4) is 0 Å². The number of nitrogens with two attached hydrogens (primary N) is 1. The molecule has 5 nitrogen and oxygen atoms in total. The van der Waals surface area contributed by atoms with E-state index in [1.807, 2.05) is 22.6 Å². The summed E-state index contributed by atoms with van der Waals surface area (Å²) in [6.07, 6.45) is 3.56. The van der Waals surface area contributed by atoms with Gasteiger partial charge in [-0.25, -0.2) is 18.5 Å². The van der Waals surface area contributed by atoms with E-state index < -0.39 is 10.0 Å². The predicted molar refractivity (Wildman–Crippen MR) is 62.0 cm³/mol. The lowest BCUT2D eigenvalue weighted by atomic mass is 10.4. The van der Waals surface area contributed by atoms with Crippen molar-refractivity contribution >= 4 is 32.6 Å². The smallest absolute Gasteiger partial charge is 0.244 e. The number of sulfonamides is 1. The molecule has 1 saturated carbocycles. The Hall–Kier alpha value is -0.410. The van der Waals surface area contributed by atoms with Crippen LogP contribution in [0.4, 0.5) is 0 Å². The summed E-state index contributed by atoms with van der Waals surface area (Å²) in [6, 6.07) is 1.53. The Bertz CT molecular complexity index is 485. The Labute approximate surface area is 101 Å². The van der Waals surface area contributed by atoms with Crippen LogP contribution >= 0.6 is 22.6 Å². The lowest BCUT2D eigenvalue weighted by Crippen LogP contribution is -2.16. The maximum absolute atomic E-state index is 11.3. The van der Waals surface area contributed by atoms with Crippen LogP contribution < -0.4 is 9.88 Å². The van der Waals surface area contributed by atoms with Gasteiger partial charge in [0.2, 0.25) is 10.0 Å². The van der Waals surface area contributed by atoms with Gasteiger partial charge in [-0.15, -0.1) is 0 Å². The van der Waals surface area contributed by atoms with Gasteiger partial charge in [-0.05, 0) is 41.5 Å². The molecule has 1 aromatic heterocycles. The maximum atomic E-state index is 11.3. The molecule has 7 heteroatoms. The summed E-state index contributed by atoms with van der Waals surface area (Å²) in [5.74, 6) is 0.305. The van der Waals surface area contributed by atoms with Crippen LogP contribution in [0.2, 0.25) is 0 Å². The molecule has 0 aliphatic heterocycles. The summed E-state index contributed by atoms with van der Waals surface area (Å²) in [5, 5.41) is 5.10. The molecule has 1 aromatic rings. The van der Waals surface area contributed by atoms with E-state index in [2.05, 4.69) is 4.98 Å². The van der Waals surface area contributed by atoms with Crippen molar-refractivity contribution in [3.8, 4) is 5.75 Å². The van der Waals surface area contributed by atoms with Crippen LogP contribution in [0.25, 0.3) is 0 Å². The highest BCUT2D eigenvalue weighted by atomic mass is 127. The fraction of sp³-hybridized carbons (Fsp3) is 0.375. The highest BCUT2D eigenvalue weighted by Crippen LogP contribution is 2.32. The Morgan fingerprint density at radius 1 is 1.53 bits per heavy atom. The second kappa shape index (κ2) is 3.87. The molecule has 2 rings (SSSR count). The molecule has 1 fully saturated rings. The summed E-state index contributed by atoms with van der Waals surface area (Å²) in [6.45, 7) is 0. The van der Waals surface area contributed by atoms with Crippen molar-refractivity contribution in [2.24, 2.45) is 5.14 Å². The molecule has 0 bridgehead atoms. The van der Waals surface area contributed by atoms with Crippen LogP contribution in [-0.2, 0) is 10.0 Å². The minimum Gasteiger partial charge on any atom is -0.489 e. The lowest BCUT2D eigenvalue weighted by Gasteiger charge is -2.09. The van der Waals surface area contributed by atoms with Gasteiger partial charge in [0.1, 0.15) is 9.45 Å². The third-order valence-corrected chi connectivity index (χ3v) is 4.07. The van der Waals surface area contributed by atoms with Crippen LogP contribution in [0.15, 0.2) is 17.2 Å². The van der Waals surface area contributed by atoms with Crippen LogP contribution in [-0.4, -0.2) is 19.5 Å². The van der Waals surface area contributed by atoms with Crippen molar-refractivity contribution in [3.05, 3.63) is 16.0 Å². The van der Waals surface area contributed by atoms with Crippen molar-refractivity contribution in [2.45, 2.75) is 23.8 Å². The molecule has 0 amide bonds. The molecule has 1 heterocycles. The van der Waals surface area contributed by atoms with Crippen molar-refractivity contribution in [2.75, 3.05) is 0 Å². The van der Waals surface area contributed by atoms with Gasteiger partial charge in [0, 0.05) is 6.20 Å².